The summed E-state index contributed by atoms with van der Waals surface area (Å²) in [5.74, 6) is -0.395. The van der Waals surface area contributed by atoms with Crippen molar-refractivity contribution in [2.75, 3.05) is 40.3 Å². The van der Waals surface area contributed by atoms with Crippen LogP contribution in [0.4, 0.5) is 0 Å². The number of rotatable bonds is 4. The van der Waals surface area contributed by atoms with E-state index in [4.69, 9.17) is 5.73 Å². The van der Waals surface area contributed by atoms with Gasteiger partial charge in [0.25, 0.3) is 0 Å². The van der Waals surface area contributed by atoms with Gasteiger partial charge in [0.1, 0.15) is 0 Å². The molecule has 0 aromatic rings. The second-order valence-corrected chi connectivity index (χ2v) is 4.35. The summed E-state index contributed by atoms with van der Waals surface area (Å²) in [6, 6.07) is -0.600. The zero-order chi connectivity index (χ0) is 12.8. The minimum atomic E-state index is -0.600. The number of ether oxygens (including phenoxy) is 1. The van der Waals surface area contributed by atoms with Crippen molar-refractivity contribution in [2.24, 2.45) is 5.73 Å². The van der Waals surface area contributed by atoms with Crippen molar-refractivity contribution in [3.8, 4) is 0 Å². The van der Waals surface area contributed by atoms with Crippen LogP contribution in [-0.2, 0) is 14.3 Å². The van der Waals surface area contributed by atoms with Gasteiger partial charge in [-0.15, -0.1) is 12.4 Å². The van der Waals surface area contributed by atoms with Gasteiger partial charge in [0.15, 0.2) is 0 Å². The maximum Gasteiger partial charge on any atom is 0.305 e. The highest BCUT2D eigenvalue weighted by Crippen LogP contribution is 2.05. The summed E-state index contributed by atoms with van der Waals surface area (Å²) in [5, 5.41) is 0. The van der Waals surface area contributed by atoms with Crippen LogP contribution in [0.5, 0.6) is 0 Å². The van der Waals surface area contributed by atoms with Crippen molar-refractivity contribution in [2.45, 2.75) is 18.9 Å². The van der Waals surface area contributed by atoms with E-state index in [2.05, 4.69) is 9.64 Å². The van der Waals surface area contributed by atoms with Crippen molar-refractivity contribution in [3.05, 3.63) is 0 Å². The molecule has 2 N–H and O–H groups in total. The number of carbonyl (C=O) groups excluding carboxylic acids is 2. The molecule has 1 amide bonds. The number of halogens is 1. The van der Waals surface area contributed by atoms with E-state index in [9.17, 15) is 9.59 Å². The van der Waals surface area contributed by atoms with Gasteiger partial charge in [-0.3, -0.25) is 9.59 Å². The second-order valence-electron chi connectivity index (χ2n) is 4.35. The Morgan fingerprint density at radius 2 is 1.83 bits per heavy atom. The Morgan fingerprint density at radius 1 is 1.28 bits per heavy atom. The van der Waals surface area contributed by atoms with Gasteiger partial charge >= 0.3 is 5.97 Å². The Morgan fingerprint density at radius 3 is 2.33 bits per heavy atom. The van der Waals surface area contributed by atoms with Gasteiger partial charge in [-0.05, 0) is 13.5 Å². The molecule has 0 aliphatic carbocycles. The van der Waals surface area contributed by atoms with E-state index in [0.717, 1.165) is 13.1 Å². The van der Waals surface area contributed by atoms with E-state index in [0.29, 0.717) is 19.5 Å². The number of amides is 1. The molecule has 1 unspecified atom stereocenters. The number of hydrogen-bond acceptors (Lipinski definition) is 5. The third-order valence-electron chi connectivity index (χ3n) is 3.02. The van der Waals surface area contributed by atoms with Gasteiger partial charge in [0.2, 0.25) is 5.91 Å². The number of nitrogens with two attached hydrogens (primary N) is 1. The molecular weight excluding hydrogens is 258 g/mol. The van der Waals surface area contributed by atoms with Gasteiger partial charge in [0, 0.05) is 32.6 Å². The quantitative estimate of drug-likeness (QED) is 0.700. The number of nitrogens with zero attached hydrogens (tertiary/aromatic N) is 2. The molecule has 1 saturated heterocycles. The summed E-state index contributed by atoms with van der Waals surface area (Å²) >= 11 is 0. The van der Waals surface area contributed by atoms with Gasteiger partial charge in [-0.25, -0.2) is 0 Å². The normalized spacial score (nSPS) is 17.8. The highest BCUT2D eigenvalue weighted by atomic mass is 35.5. The highest BCUT2D eigenvalue weighted by Gasteiger charge is 2.24. The molecule has 0 saturated carbocycles. The number of hydrogen-bond donors (Lipinski definition) is 1. The van der Waals surface area contributed by atoms with Crippen LogP contribution in [0.2, 0.25) is 0 Å². The summed E-state index contributed by atoms with van der Waals surface area (Å²) in [6.07, 6.45) is 0.537. The average Bonchev–Trinajstić information content (AvgIpc) is 2.35. The fourth-order valence-corrected chi connectivity index (χ4v) is 1.76. The van der Waals surface area contributed by atoms with Crippen LogP contribution >= 0.6 is 12.4 Å². The first-order chi connectivity index (χ1) is 8.04. The minimum absolute atomic E-state index is 0. The topological polar surface area (TPSA) is 75.9 Å². The molecule has 0 aromatic carbocycles. The zero-order valence-corrected chi connectivity index (χ0v) is 11.7. The lowest BCUT2D eigenvalue weighted by atomic mass is 10.1. The molecule has 18 heavy (non-hydrogen) atoms. The van der Waals surface area contributed by atoms with Crippen molar-refractivity contribution in [1.82, 2.24) is 9.80 Å². The number of esters is 1. The van der Waals surface area contributed by atoms with E-state index < -0.39 is 6.04 Å². The Balaban J connectivity index is 0.00000289. The van der Waals surface area contributed by atoms with Gasteiger partial charge < -0.3 is 20.3 Å². The third kappa shape index (κ3) is 5.20. The molecule has 1 fully saturated rings. The lowest BCUT2D eigenvalue weighted by Crippen LogP contribution is -2.52. The summed E-state index contributed by atoms with van der Waals surface area (Å²) in [6.45, 7) is 3.16. The van der Waals surface area contributed by atoms with E-state index in [-0.39, 0.29) is 30.7 Å². The van der Waals surface area contributed by atoms with Crippen LogP contribution in [-0.4, -0.2) is 68.1 Å². The summed E-state index contributed by atoms with van der Waals surface area (Å²) in [7, 11) is 3.36. The molecule has 1 aliphatic rings. The highest BCUT2D eigenvalue weighted by molar-refractivity contribution is 5.85. The average molecular weight is 280 g/mol. The van der Waals surface area contributed by atoms with Crippen LogP contribution in [0.3, 0.4) is 0 Å². The van der Waals surface area contributed by atoms with E-state index in [1.54, 1.807) is 4.90 Å². The summed E-state index contributed by atoms with van der Waals surface area (Å²) in [5.41, 5.74) is 5.77. The standard InChI is InChI=1S/C11H21N3O3.ClH/c1-13-5-7-14(8-6-13)11(16)9(12)3-4-10(15)17-2;/h9H,3-8,12H2,1-2H3;1H. The molecular formula is C11H22ClN3O3. The predicted octanol–water partition coefficient (Wildman–Crippen LogP) is -0.537. The van der Waals surface area contributed by atoms with Crippen molar-refractivity contribution in [1.29, 1.82) is 0 Å². The fourth-order valence-electron chi connectivity index (χ4n) is 1.76. The van der Waals surface area contributed by atoms with Crippen LogP contribution < -0.4 is 5.73 Å². The minimum Gasteiger partial charge on any atom is -0.469 e. The van der Waals surface area contributed by atoms with Gasteiger partial charge in [-0.1, -0.05) is 0 Å². The van der Waals surface area contributed by atoms with Crippen molar-refractivity contribution < 1.29 is 14.3 Å². The molecule has 7 heteroatoms. The van der Waals surface area contributed by atoms with Crippen molar-refractivity contribution >= 4 is 24.3 Å². The molecule has 0 bridgehead atoms. The second kappa shape index (κ2) is 8.29. The molecule has 1 aliphatic heterocycles. The predicted molar refractivity (Wildman–Crippen MR) is 70.6 cm³/mol. The third-order valence-corrected chi connectivity index (χ3v) is 3.02. The molecule has 1 heterocycles. The van der Waals surface area contributed by atoms with E-state index in [1.165, 1.54) is 7.11 Å². The number of carbonyl (C=O) groups is 2. The molecule has 0 radical (unpaired) electrons. The first-order valence-electron chi connectivity index (χ1n) is 5.84. The lowest BCUT2D eigenvalue weighted by Gasteiger charge is -2.33. The first kappa shape index (κ1) is 17.2. The molecule has 0 aromatic heterocycles. The maximum atomic E-state index is 11.9. The molecule has 1 rings (SSSR count). The Hall–Kier alpha value is -0.850. The number of methoxy groups -OCH3 is 1. The molecule has 6 nitrogen and oxygen atoms in total. The summed E-state index contributed by atoms with van der Waals surface area (Å²) < 4.78 is 4.51. The SMILES string of the molecule is COC(=O)CCC(N)C(=O)N1CCN(C)CC1.Cl. The van der Waals surface area contributed by atoms with E-state index in [1.807, 2.05) is 7.05 Å². The molecule has 1 atom stereocenters. The molecule has 0 spiro atoms. The van der Waals surface area contributed by atoms with Crippen molar-refractivity contribution in [3.63, 3.8) is 0 Å². The summed E-state index contributed by atoms with van der Waals surface area (Å²) in [4.78, 5) is 26.8. The molecule has 106 valence electrons. The van der Waals surface area contributed by atoms with Gasteiger partial charge in [-0.2, -0.15) is 0 Å². The van der Waals surface area contributed by atoms with Crippen LogP contribution in [0.15, 0.2) is 0 Å². The lowest BCUT2D eigenvalue weighted by molar-refractivity contribution is -0.141. The van der Waals surface area contributed by atoms with Gasteiger partial charge in [0.05, 0.1) is 13.2 Å². The maximum absolute atomic E-state index is 11.9. The number of piperazine rings is 1. The number of likely N-dealkylation sites (N-methyl/N-ethyl adjacent to an activating group) is 1. The van der Waals surface area contributed by atoms with Crippen LogP contribution in [0.1, 0.15) is 12.8 Å². The first-order valence-corrected chi connectivity index (χ1v) is 5.84. The Labute approximate surface area is 114 Å². The van der Waals surface area contributed by atoms with E-state index >= 15 is 0 Å². The smallest absolute Gasteiger partial charge is 0.305 e. The fraction of sp³-hybridized carbons (Fsp3) is 0.818. The Kier molecular flexibility index (Phi) is 7.90. The van der Waals surface area contributed by atoms with Crippen LogP contribution in [0.25, 0.3) is 0 Å². The monoisotopic (exact) mass is 279 g/mol. The Bertz CT molecular complexity index is 281. The largest absolute Gasteiger partial charge is 0.469 e. The van der Waals surface area contributed by atoms with Crippen LogP contribution in [0, 0.1) is 0 Å². The zero-order valence-electron chi connectivity index (χ0n) is 10.9.